The predicted octanol–water partition coefficient (Wildman–Crippen LogP) is 0.407. The summed E-state index contributed by atoms with van der Waals surface area (Å²) >= 11 is 0. The summed E-state index contributed by atoms with van der Waals surface area (Å²) < 4.78 is 0. The zero-order valence-electron chi connectivity index (χ0n) is 11.9. The fraction of sp³-hybridized carbons (Fsp3) is 0.846. The Bertz CT molecular complexity index is 315. The molecule has 1 aliphatic rings. The summed E-state index contributed by atoms with van der Waals surface area (Å²) in [4.78, 5) is 23.5. The molecule has 0 spiro atoms. The second-order valence-corrected chi connectivity index (χ2v) is 6.29. The highest BCUT2D eigenvalue weighted by molar-refractivity contribution is 5.83. The van der Waals surface area contributed by atoms with Crippen LogP contribution in [0.4, 0.5) is 0 Å². The fourth-order valence-corrected chi connectivity index (χ4v) is 1.99. The van der Waals surface area contributed by atoms with Gasteiger partial charge in [-0.05, 0) is 40.7 Å². The van der Waals surface area contributed by atoms with Crippen LogP contribution in [0.15, 0.2) is 0 Å². The number of hydrogen-bond donors (Lipinski definition) is 3. The Balaban J connectivity index is 2.25. The van der Waals surface area contributed by atoms with Crippen molar-refractivity contribution in [3.63, 3.8) is 0 Å². The van der Waals surface area contributed by atoms with Crippen molar-refractivity contribution in [2.24, 2.45) is 5.41 Å². The van der Waals surface area contributed by atoms with E-state index in [9.17, 15) is 9.59 Å². The van der Waals surface area contributed by atoms with Crippen LogP contribution < -0.4 is 16.0 Å². The highest BCUT2D eigenvalue weighted by atomic mass is 16.2. The quantitative estimate of drug-likeness (QED) is 0.681. The van der Waals surface area contributed by atoms with Gasteiger partial charge in [0.2, 0.25) is 11.8 Å². The Hall–Kier alpha value is -1.10. The van der Waals surface area contributed by atoms with E-state index in [1.165, 1.54) is 0 Å². The first kappa shape index (κ1) is 15.0. The van der Waals surface area contributed by atoms with E-state index in [4.69, 9.17) is 0 Å². The molecular weight excluding hydrogens is 230 g/mol. The summed E-state index contributed by atoms with van der Waals surface area (Å²) in [6.45, 7) is 9.77. The van der Waals surface area contributed by atoms with Gasteiger partial charge in [-0.15, -0.1) is 0 Å². The Morgan fingerprint density at radius 3 is 2.50 bits per heavy atom. The molecule has 1 atom stereocenters. The molecule has 0 aromatic carbocycles. The molecule has 1 rings (SSSR count). The fourth-order valence-electron chi connectivity index (χ4n) is 1.99. The minimum atomic E-state index is -0.319. The van der Waals surface area contributed by atoms with Crippen molar-refractivity contribution in [1.29, 1.82) is 0 Å². The molecule has 0 bridgehead atoms. The van der Waals surface area contributed by atoms with E-state index in [1.807, 2.05) is 27.7 Å². The molecule has 0 radical (unpaired) electrons. The minimum Gasteiger partial charge on any atom is -0.355 e. The zero-order valence-corrected chi connectivity index (χ0v) is 11.9. The lowest BCUT2D eigenvalue weighted by atomic mass is 9.89. The SMILES string of the molecule is CC(C)(C)NC(=O)CCNC(=O)C1(C)CCNC1. The van der Waals surface area contributed by atoms with Crippen molar-refractivity contribution in [1.82, 2.24) is 16.0 Å². The lowest BCUT2D eigenvalue weighted by molar-refractivity contribution is -0.129. The molecule has 5 nitrogen and oxygen atoms in total. The van der Waals surface area contributed by atoms with Gasteiger partial charge >= 0.3 is 0 Å². The highest BCUT2D eigenvalue weighted by Crippen LogP contribution is 2.24. The van der Waals surface area contributed by atoms with Gasteiger partial charge in [-0.25, -0.2) is 0 Å². The van der Waals surface area contributed by atoms with Crippen LogP contribution in [0, 0.1) is 5.41 Å². The summed E-state index contributed by atoms with van der Waals surface area (Å²) in [5.74, 6) is 0.00792. The van der Waals surface area contributed by atoms with Gasteiger partial charge < -0.3 is 16.0 Å². The molecule has 1 heterocycles. The molecule has 5 heteroatoms. The second-order valence-electron chi connectivity index (χ2n) is 6.29. The van der Waals surface area contributed by atoms with Crippen molar-refractivity contribution >= 4 is 11.8 Å². The summed E-state index contributed by atoms with van der Waals surface area (Å²) in [5.41, 5.74) is -0.539. The molecule has 3 N–H and O–H groups in total. The Labute approximate surface area is 109 Å². The maximum Gasteiger partial charge on any atom is 0.227 e. The van der Waals surface area contributed by atoms with Crippen LogP contribution in [0.25, 0.3) is 0 Å². The first-order valence-electron chi connectivity index (χ1n) is 6.53. The summed E-state index contributed by atoms with van der Waals surface area (Å²) in [7, 11) is 0. The van der Waals surface area contributed by atoms with Crippen molar-refractivity contribution in [3.8, 4) is 0 Å². The molecule has 0 aromatic rings. The maximum absolute atomic E-state index is 12.0. The largest absolute Gasteiger partial charge is 0.355 e. The van der Waals surface area contributed by atoms with E-state index in [1.54, 1.807) is 0 Å². The third-order valence-corrected chi connectivity index (χ3v) is 3.07. The molecular formula is C13H25N3O2. The van der Waals surface area contributed by atoms with E-state index in [-0.39, 0.29) is 22.8 Å². The molecule has 18 heavy (non-hydrogen) atoms. The highest BCUT2D eigenvalue weighted by Gasteiger charge is 2.35. The van der Waals surface area contributed by atoms with Crippen LogP contribution >= 0.6 is 0 Å². The topological polar surface area (TPSA) is 70.2 Å². The Kier molecular flexibility index (Phi) is 4.73. The first-order chi connectivity index (χ1) is 8.23. The lowest BCUT2D eigenvalue weighted by Gasteiger charge is -2.22. The Morgan fingerprint density at radius 2 is 2.00 bits per heavy atom. The van der Waals surface area contributed by atoms with Gasteiger partial charge in [0.25, 0.3) is 0 Å². The van der Waals surface area contributed by atoms with E-state index >= 15 is 0 Å². The predicted molar refractivity (Wildman–Crippen MR) is 71.1 cm³/mol. The first-order valence-corrected chi connectivity index (χ1v) is 6.53. The van der Waals surface area contributed by atoms with Crippen LogP contribution in [-0.2, 0) is 9.59 Å². The number of carbonyl (C=O) groups excluding carboxylic acids is 2. The third kappa shape index (κ3) is 4.64. The van der Waals surface area contributed by atoms with Crippen molar-refractivity contribution in [2.75, 3.05) is 19.6 Å². The average Bonchev–Trinajstić information content (AvgIpc) is 2.63. The van der Waals surface area contributed by atoms with Gasteiger partial charge in [0.05, 0.1) is 5.41 Å². The Morgan fingerprint density at radius 1 is 1.33 bits per heavy atom. The summed E-state index contributed by atoms with van der Waals surface area (Å²) in [6.07, 6.45) is 1.18. The molecule has 0 aliphatic carbocycles. The van der Waals surface area contributed by atoms with Crippen LogP contribution in [0.1, 0.15) is 40.5 Å². The van der Waals surface area contributed by atoms with Crippen molar-refractivity contribution < 1.29 is 9.59 Å². The van der Waals surface area contributed by atoms with E-state index in [0.717, 1.165) is 13.0 Å². The van der Waals surface area contributed by atoms with Crippen LogP contribution in [0.2, 0.25) is 0 Å². The van der Waals surface area contributed by atoms with Gasteiger partial charge in [0.15, 0.2) is 0 Å². The standard InChI is InChI=1S/C13H25N3O2/c1-12(2,3)16-10(17)5-7-15-11(18)13(4)6-8-14-9-13/h14H,5-9H2,1-4H3,(H,15,18)(H,16,17). The molecule has 1 aliphatic heterocycles. The smallest absolute Gasteiger partial charge is 0.227 e. The minimum absolute atomic E-state index is 0.0301. The van der Waals surface area contributed by atoms with Gasteiger partial charge in [-0.3, -0.25) is 9.59 Å². The number of hydrogen-bond acceptors (Lipinski definition) is 3. The van der Waals surface area contributed by atoms with E-state index in [0.29, 0.717) is 19.5 Å². The van der Waals surface area contributed by atoms with Gasteiger partial charge in [-0.1, -0.05) is 0 Å². The van der Waals surface area contributed by atoms with Gasteiger partial charge in [-0.2, -0.15) is 0 Å². The number of carbonyl (C=O) groups is 2. The second kappa shape index (κ2) is 5.69. The number of rotatable bonds is 4. The monoisotopic (exact) mass is 255 g/mol. The molecule has 0 saturated carbocycles. The number of amides is 2. The third-order valence-electron chi connectivity index (χ3n) is 3.07. The maximum atomic E-state index is 12.0. The van der Waals surface area contributed by atoms with Crippen LogP contribution in [0.5, 0.6) is 0 Å². The van der Waals surface area contributed by atoms with Crippen LogP contribution in [-0.4, -0.2) is 37.0 Å². The molecule has 1 saturated heterocycles. The molecule has 2 amide bonds. The normalized spacial score (nSPS) is 23.8. The summed E-state index contributed by atoms with van der Waals surface area (Å²) in [5, 5.41) is 8.90. The van der Waals surface area contributed by atoms with E-state index in [2.05, 4.69) is 16.0 Å². The van der Waals surface area contributed by atoms with E-state index < -0.39 is 0 Å². The zero-order chi connectivity index (χ0) is 13.8. The lowest BCUT2D eigenvalue weighted by Crippen LogP contribution is -2.44. The summed E-state index contributed by atoms with van der Waals surface area (Å²) in [6, 6.07) is 0. The van der Waals surface area contributed by atoms with Gasteiger partial charge in [0.1, 0.15) is 0 Å². The number of nitrogens with one attached hydrogen (secondary N) is 3. The van der Waals surface area contributed by atoms with Crippen molar-refractivity contribution in [3.05, 3.63) is 0 Å². The van der Waals surface area contributed by atoms with Gasteiger partial charge in [0, 0.05) is 25.0 Å². The molecule has 1 fully saturated rings. The van der Waals surface area contributed by atoms with Crippen molar-refractivity contribution in [2.45, 2.75) is 46.1 Å². The molecule has 104 valence electrons. The van der Waals surface area contributed by atoms with Crippen LogP contribution in [0.3, 0.4) is 0 Å². The average molecular weight is 255 g/mol. The molecule has 0 aromatic heterocycles. The molecule has 1 unspecified atom stereocenters.